The molecule has 76 valence electrons. The zero-order valence-electron chi connectivity index (χ0n) is 7.33. The molecule has 1 unspecified atom stereocenters. The molecule has 0 aliphatic heterocycles. The van der Waals surface area contributed by atoms with Crippen molar-refractivity contribution >= 4 is 5.97 Å². The van der Waals surface area contributed by atoms with Crippen LogP contribution in [-0.2, 0) is 4.79 Å². The van der Waals surface area contributed by atoms with E-state index in [1.807, 2.05) is 0 Å². The molecule has 0 saturated carbocycles. The van der Waals surface area contributed by atoms with Crippen LogP contribution in [0.4, 0.5) is 8.78 Å². The van der Waals surface area contributed by atoms with Crippen LogP contribution in [0.25, 0.3) is 0 Å². The molecule has 0 heterocycles. The van der Waals surface area contributed by atoms with Gasteiger partial charge in [-0.25, -0.2) is 13.6 Å². The average Bonchev–Trinajstić information content (AvgIpc) is 2.16. The Bertz CT molecular complexity index is 352. The minimum atomic E-state index is -2.28. The molecule has 0 aromatic heterocycles. The van der Waals surface area contributed by atoms with Crippen molar-refractivity contribution in [3.05, 3.63) is 29.6 Å². The molecular formula is C9H8F2O3. The van der Waals surface area contributed by atoms with Crippen LogP contribution in [0.15, 0.2) is 18.2 Å². The van der Waals surface area contributed by atoms with E-state index in [1.165, 1.54) is 12.1 Å². The summed E-state index contributed by atoms with van der Waals surface area (Å²) in [5.74, 6) is -2.83. The van der Waals surface area contributed by atoms with E-state index < -0.39 is 18.0 Å². The smallest absolute Gasteiger partial charge is 0.343 e. The molecule has 1 aromatic carbocycles. The third-order valence-corrected chi connectivity index (χ3v) is 1.69. The predicted octanol–water partition coefficient (Wildman–Crippen LogP) is 1.93. The maximum absolute atomic E-state index is 13.0. The Hall–Kier alpha value is -1.65. The summed E-state index contributed by atoms with van der Waals surface area (Å²) in [6, 6.07) is 3.46. The molecule has 0 aliphatic carbocycles. The van der Waals surface area contributed by atoms with Gasteiger partial charge in [0, 0.05) is 5.56 Å². The highest BCUT2D eigenvalue weighted by atomic mass is 19.1. The maximum Gasteiger partial charge on any atom is 0.343 e. The van der Waals surface area contributed by atoms with Crippen molar-refractivity contribution in [3.8, 4) is 5.75 Å². The van der Waals surface area contributed by atoms with Crippen LogP contribution in [-0.4, -0.2) is 18.2 Å². The zero-order valence-corrected chi connectivity index (χ0v) is 7.33. The lowest BCUT2D eigenvalue weighted by atomic mass is 10.1. The fraction of sp³-hybridized carbons (Fsp3) is 0.222. The summed E-state index contributed by atoms with van der Waals surface area (Å²) >= 11 is 0. The van der Waals surface area contributed by atoms with Gasteiger partial charge in [-0.15, -0.1) is 0 Å². The Morgan fingerprint density at radius 2 is 2.21 bits per heavy atom. The molecule has 1 aromatic rings. The van der Waals surface area contributed by atoms with Crippen LogP contribution in [0.5, 0.6) is 5.75 Å². The van der Waals surface area contributed by atoms with Gasteiger partial charge < -0.3 is 9.84 Å². The van der Waals surface area contributed by atoms with Crippen molar-refractivity contribution in [2.45, 2.75) is 6.17 Å². The fourth-order valence-electron chi connectivity index (χ4n) is 1.07. The first kappa shape index (κ1) is 10.4. The number of methoxy groups -OCH3 is 1. The number of ether oxygens (including phenoxy) is 1. The maximum atomic E-state index is 13.0. The van der Waals surface area contributed by atoms with Gasteiger partial charge in [0.05, 0.1) is 7.11 Å². The Morgan fingerprint density at radius 3 is 2.71 bits per heavy atom. The van der Waals surface area contributed by atoms with E-state index in [-0.39, 0.29) is 11.3 Å². The number of rotatable bonds is 3. The monoisotopic (exact) mass is 202 g/mol. The van der Waals surface area contributed by atoms with Gasteiger partial charge in [-0.1, -0.05) is 12.1 Å². The quantitative estimate of drug-likeness (QED) is 0.814. The number of carboxylic acid groups (broad SMARTS) is 1. The standard InChI is InChI=1S/C9H8F2O3/c1-14-8-5(7(11)9(12)13)3-2-4-6(8)10/h2-4,7H,1H3,(H,12,13). The van der Waals surface area contributed by atoms with Crippen LogP contribution in [0.3, 0.4) is 0 Å². The summed E-state index contributed by atoms with van der Waals surface area (Å²) in [4.78, 5) is 10.3. The van der Waals surface area contributed by atoms with E-state index in [4.69, 9.17) is 5.11 Å². The number of benzene rings is 1. The topological polar surface area (TPSA) is 46.5 Å². The minimum Gasteiger partial charge on any atom is -0.493 e. The van der Waals surface area contributed by atoms with Gasteiger partial charge in [-0.2, -0.15) is 0 Å². The molecule has 0 amide bonds. The van der Waals surface area contributed by atoms with Gasteiger partial charge >= 0.3 is 5.97 Å². The first-order valence-corrected chi connectivity index (χ1v) is 3.77. The fourth-order valence-corrected chi connectivity index (χ4v) is 1.07. The Labute approximate surface area is 78.9 Å². The minimum absolute atomic E-state index is 0.319. The zero-order chi connectivity index (χ0) is 10.7. The van der Waals surface area contributed by atoms with E-state index in [0.717, 1.165) is 13.2 Å². The highest BCUT2D eigenvalue weighted by molar-refractivity contribution is 5.75. The molecule has 1 N–H and O–H groups in total. The van der Waals surface area contributed by atoms with Crippen LogP contribution in [0, 0.1) is 5.82 Å². The second-order valence-electron chi connectivity index (χ2n) is 2.56. The van der Waals surface area contributed by atoms with Gasteiger partial charge in [0.15, 0.2) is 11.6 Å². The first-order chi connectivity index (χ1) is 6.57. The molecule has 3 nitrogen and oxygen atoms in total. The molecule has 0 fully saturated rings. The molecule has 5 heteroatoms. The SMILES string of the molecule is COc1c(F)cccc1C(F)C(=O)O. The lowest BCUT2D eigenvalue weighted by molar-refractivity contribution is -0.143. The van der Waals surface area contributed by atoms with Gasteiger partial charge in [0.25, 0.3) is 0 Å². The van der Waals surface area contributed by atoms with Gasteiger partial charge in [0.2, 0.25) is 6.17 Å². The number of alkyl halides is 1. The summed E-state index contributed by atoms with van der Waals surface area (Å²) < 4.78 is 30.6. The molecule has 0 saturated heterocycles. The number of aliphatic carboxylic acids is 1. The number of hydrogen-bond acceptors (Lipinski definition) is 2. The molecule has 0 radical (unpaired) electrons. The number of carbonyl (C=O) groups is 1. The summed E-state index contributed by atoms with van der Waals surface area (Å²) in [5, 5.41) is 8.39. The Kier molecular flexibility index (Phi) is 3.01. The van der Waals surface area contributed by atoms with Crippen molar-refractivity contribution < 1.29 is 23.4 Å². The van der Waals surface area contributed by atoms with E-state index >= 15 is 0 Å². The molecular weight excluding hydrogens is 194 g/mol. The van der Waals surface area contributed by atoms with Gasteiger partial charge in [0.1, 0.15) is 0 Å². The molecule has 0 bridgehead atoms. The molecule has 1 atom stereocenters. The normalized spacial score (nSPS) is 12.2. The van der Waals surface area contributed by atoms with Crippen molar-refractivity contribution in [2.24, 2.45) is 0 Å². The lowest BCUT2D eigenvalue weighted by Crippen LogP contribution is -2.08. The van der Waals surface area contributed by atoms with Crippen molar-refractivity contribution in [1.29, 1.82) is 0 Å². The average molecular weight is 202 g/mol. The second kappa shape index (κ2) is 4.04. The van der Waals surface area contributed by atoms with Crippen LogP contribution >= 0.6 is 0 Å². The summed E-state index contributed by atoms with van der Waals surface area (Å²) in [7, 11) is 1.15. The third kappa shape index (κ3) is 1.81. The van der Waals surface area contributed by atoms with Gasteiger partial charge in [-0.3, -0.25) is 0 Å². The summed E-state index contributed by atoms with van der Waals surface area (Å²) in [6.07, 6.45) is -2.28. The molecule has 14 heavy (non-hydrogen) atoms. The highest BCUT2D eigenvalue weighted by Crippen LogP contribution is 2.30. The number of para-hydroxylation sites is 1. The summed E-state index contributed by atoms with van der Waals surface area (Å²) in [5.41, 5.74) is -0.319. The first-order valence-electron chi connectivity index (χ1n) is 3.77. The largest absolute Gasteiger partial charge is 0.493 e. The molecule has 0 spiro atoms. The molecule has 0 aliphatic rings. The Balaban J connectivity index is 3.20. The van der Waals surface area contributed by atoms with E-state index in [1.54, 1.807) is 0 Å². The summed E-state index contributed by atoms with van der Waals surface area (Å²) in [6.45, 7) is 0. The van der Waals surface area contributed by atoms with E-state index in [9.17, 15) is 13.6 Å². The van der Waals surface area contributed by atoms with E-state index in [0.29, 0.717) is 0 Å². The van der Waals surface area contributed by atoms with Crippen LogP contribution in [0.2, 0.25) is 0 Å². The Morgan fingerprint density at radius 1 is 1.57 bits per heavy atom. The van der Waals surface area contributed by atoms with Crippen LogP contribution < -0.4 is 4.74 Å². The second-order valence-corrected chi connectivity index (χ2v) is 2.56. The molecule has 1 rings (SSSR count). The van der Waals surface area contributed by atoms with Crippen molar-refractivity contribution in [1.82, 2.24) is 0 Å². The van der Waals surface area contributed by atoms with Crippen molar-refractivity contribution in [3.63, 3.8) is 0 Å². The third-order valence-electron chi connectivity index (χ3n) is 1.69. The number of hydrogen-bond donors (Lipinski definition) is 1. The highest BCUT2D eigenvalue weighted by Gasteiger charge is 2.24. The van der Waals surface area contributed by atoms with E-state index in [2.05, 4.69) is 4.74 Å². The lowest BCUT2D eigenvalue weighted by Gasteiger charge is -2.09. The van der Waals surface area contributed by atoms with Gasteiger partial charge in [-0.05, 0) is 6.07 Å². The number of carboxylic acids is 1. The van der Waals surface area contributed by atoms with Crippen molar-refractivity contribution in [2.75, 3.05) is 7.11 Å². The number of halogens is 2. The van der Waals surface area contributed by atoms with Crippen LogP contribution in [0.1, 0.15) is 11.7 Å². The predicted molar refractivity (Wildman–Crippen MR) is 44.4 cm³/mol.